The van der Waals surface area contributed by atoms with Crippen molar-refractivity contribution in [2.24, 2.45) is 0 Å². The van der Waals surface area contributed by atoms with Crippen molar-refractivity contribution in [2.45, 2.75) is 0 Å². The Labute approximate surface area is 160 Å². The molecule has 0 radical (unpaired) electrons. The van der Waals surface area contributed by atoms with Crippen LogP contribution in [0.4, 0.5) is 11.4 Å². The molecule has 6 nitrogen and oxygen atoms in total. The van der Waals surface area contributed by atoms with E-state index in [2.05, 4.69) is 10.6 Å². The van der Waals surface area contributed by atoms with Crippen molar-refractivity contribution in [1.29, 1.82) is 0 Å². The second kappa shape index (κ2) is 8.20. The summed E-state index contributed by atoms with van der Waals surface area (Å²) in [5.74, 6) is -0.397. The van der Waals surface area contributed by atoms with Crippen LogP contribution >= 0.6 is 12.2 Å². The van der Waals surface area contributed by atoms with Crippen molar-refractivity contribution in [3.8, 4) is 0 Å². The largest absolute Gasteiger partial charge is 0.332 e. The third-order valence-corrected chi connectivity index (χ3v) is 3.99. The predicted octanol–water partition coefficient (Wildman–Crippen LogP) is 4.27. The van der Waals surface area contributed by atoms with Crippen molar-refractivity contribution < 1.29 is 9.72 Å². The van der Waals surface area contributed by atoms with E-state index in [0.29, 0.717) is 5.69 Å². The first-order chi connectivity index (χ1) is 13.0. The van der Waals surface area contributed by atoms with E-state index in [9.17, 15) is 14.9 Å². The quantitative estimate of drug-likeness (QED) is 0.307. The maximum absolute atomic E-state index is 12.1. The van der Waals surface area contributed by atoms with E-state index >= 15 is 0 Å². The minimum absolute atomic E-state index is 0.0584. The number of anilines is 1. The third-order valence-electron chi connectivity index (χ3n) is 3.79. The minimum Gasteiger partial charge on any atom is -0.332 e. The van der Waals surface area contributed by atoms with Gasteiger partial charge in [0.15, 0.2) is 5.11 Å². The van der Waals surface area contributed by atoms with E-state index in [-0.39, 0.29) is 10.8 Å². The number of hydrogen-bond acceptors (Lipinski definition) is 4. The Morgan fingerprint density at radius 1 is 1.04 bits per heavy atom. The number of non-ortho nitro benzene ring substituents is 1. The lowest BCUT2D eigenvalue weighted by atomic mass is 10.0. The highest BCUT2D eigenvalue weighted by Crippen LogP contribution is 2.19. The zero-order valence-electron chi connectivity index (χ0n) is 14.1. The number of carbonyl (C=O) groups excluding carboxylic acids is 1. The smallest absolute Gasteiger partial charge is 0.271 e. The van der Waals surface area contributed by atoms with Gasteiger partial charge in [0.25, 0.3) is 5.69 Å². The number of rotatable bonds is 4. The van der Waals surface area contributed by atoms with Gasteiger partial charge in [-0.05, 0) is 40.7 Å². The number of nitrogens with zero attached hydrogens (tertiary/aromatic N) is 1. The van der Waals surface area contributed by atoms with Gasteiger partial charge in [0.05, 0.1) is 4.92 Å². The van der Waals surface area contributed by atoms with Gasteiger partial charge in [-0.2, -0.15) is 0 Å². The fourth-order valence-corrected chi connectivity index (χ4v) is 2.79. The second-order valence-corrected chi connectivity index (χ2v) is 6.06. The summed E-state index contributed by atoms with van der Waals surface area (Å²) in [6.45, 7) is 0. The van der Waals surface area contributed by atoms with E-state index in [1.165, 1.54) is 24.3 Å². The van der Waals surface area contributed by atoms with Gasteiger partial charge in [-0.15, -0.1) is 0 Å². The van der Waals surface area contributed by atoms with E-state index in [1.54, 1.807) is 12.1 Å². The van der Waals surface area contributed by atoms with Crippen LogP contribution in [0, 0.1) is 10.1 Å². The van der Waals surface area contributed by atoms with Crippen molar-refractivity contribution in [3.63, 3.8) is 0 Å². The number of hydrogen-bond donors (Lipinski definition) is 2. The number of fused-ring (bicyclic) bond motifs is 1. The Bertz CT molecular complexity index is 1060. The van der Waals surface area contributed by atoms with Gasteiger partial charge >= 0.3 is 0 Å². The highest BCUT2D eigenvalue weighted by atomic mass is 32.1. The third kappa shape index (κ3) is 4.74. The van der Waals surface area contributed by atoms with Gasteiger partial charge in [0.2, 0.25) is 5.91 Å². The highest BCUT2D eigenvalue weighted by molar-refractivity contribution is 7.80. The Morgan fingerprint density at radius 2 is 1.78 bits per heavy atom. The molecule has 0 aliphatic heterocycles. The van der Waals surface area contributed by atoms with Gasteiger partial charge in [-0.25, -0.2) is 0 Å². The van der Waals surface area contributed by atoms with E-state index in [4.69, 9.17) is 12.2 Å². The highest BCUT2D eigenvalue weighted by Gasteiger charge is 2.07. The maximum atomic E-state index is 12.1. The number of nitro benzene ring substituents is 1. The first kappa shape index (κ1) is 18.2. The monoisotopic (exact) mass is 377 g/mol. The van der Waals surface area contributed by atoms with Gasteiger partial charge in [-0.3, -0.25) is 20.2 Å². The Hall–Kier alpha value is -3.58. The molecule has 0 heterocycles. The van der Waals surface area contributed by atoms with Crippen molar-refractivity contribution in [2.75, 3.05) is 5.32 Å². The molecular weight excluding hydrogens is 362 g/mol. The summed E-state index contributed by atoms with van der Waals surface area (Å²) in [5, 5.41) is 18.3. The lowest BCUT2D eigenvalue weighted by molar-refractivity contribution is -0.384. The van der Waals surface area contributed by atoms with Crippen LogP contribution in [0.5, 0.6) is 0 Å². The average molecular weight is 377 g/mol. The van der Waals surface area contributed by atoms with Gasteiger partial charge < -0.3 is 5.32 Å². The Kier molecular flexibility index (Phi) is 5.53. The molecule has 0 bridgehead atoms. The molecule has 0 fully saturated rings. The molecule has 0 unspecified atom stereocenters. The topological polar surface area (TPSA) is 84.3 Å². The summed E-state index contributed by atoms with van der Waals surface area (Å²) in [5.41, 5.74) is 1.28. The number of nitro groups is 1. The summed E-state index contributed by atoms with van der Waals surface area (Å²) < 4.78 is 0. The summed E-state index contributed by atoms with van der Waals surface area (Å²) in [6.07, 6.45) is 3.11. The molecule has 0 atom stereocenters. The van der Waals surface area contributed by atoms with Gasteiger partial charge in [0, 0.05) is 23.9 Å². The van der Waals surface area contributed by atoms with Crippen LogP contribution < -0.4 is 10.6 Å². The van der Waals surface area contributed by atoms with E-state index in [1.807, 2.05) is 42.5 Å². The molecule has 3 aromatic carbocycles. The normalized spacial score (nSPS) is 10.7. The zero-order chi connectivity index (χ0) is 19.2. The first-order valence-electron chi connectivity index (χ1n) is 8.05. The summed E-state index contributed by atoms with van der Waals surface area (Å²) in [4.78, 5) is 22.4. The van der Waals surface area contributed by atoms with Crippen LogP contribution in [0.1, 0.15) is 5.56 Å². The molecule has 27 heavy (non-hydrogen) atoms. The lowest BCUT2D eigenvalue weighted by Gasteiger charge is -2.08. The Balaban J connectivity index is 1.65. The zero-order valence-corrected chi connectivity index (χ0v) is 14.9. The van der Waals surface area contributed by atoms with Crippen LogP contribution in [0.25, 0.3) is 16.8 Å². The Morgan fingerprint density at radius 3 is 2.59 bits per heavy atom. The molecule has 3 aromatic rings. The van der Waals surface area contributed by atoms with Crippen LogP contribution in [-0.2, 0) is 4.79 Å². The molecule has 0 saturated carbocycles. The molecule has 0 saturated heterocycles. The molecular formula is C20H15N3O3S. The summed E-state index contributed by atoms with van der Waals surface area (Å²) in [6, 6.07) is 19.6. The molecule has 7 heteroatoms. The SMILES string of the molecule is O=C(/C=C/c1cccc2ccccc12)NC(=S)Nc1cccc([N+](=O)[O-])c1. The maximum Gasteiger partial charge on any atom is 0.271 e. The van der Waals surface area contributed by atoms with E-state index < -0.39 is 10.8 Å². The van der Waals surface area contributed by atoms with Crippen molar-refractivity contribution in [1.82, 2.24) is 5.32 Å². The summed E-state index contributed by atoms with van der Waals surface area (Å²) in [7, 11) is 0. The van der Waals surface area contributed by atoms with Crippen LogP contribution in [-0.4, -0.2) is 15.9 Å². The van der Waals surface area contributed by atoms with Crippen LogP contribution in [0.3, 0.4) is 0 Å². The van der Waals surface area contributed by atoms with Gasteiger partial charge in [-0.1, -0.05) is 48.5 Å². The van der Waals surface area contributed by atoms with Crippen molar-refractivity contribution in [3.05, 3.63) is 88.5 Å². The summed E-state index contributed by atoms with van der Waals surface area (Å²) >= 11 is 5.08. The molecule has 0 aliphatic rings. The average Bonchev–Trinajstić information content (AvgIpc) is 2.66. The predicted molar refractivity (Wildman–Crippen MR) is 110 cm³/mol. The van der Waals surface area contributed by atoms with Crippen LogP contribution in [0.15, 0.2) is 72.8 Å². The molecule has 1 amide bonds. The molecule has 0 aliphatic carbocycles. The molecule has 134 valence electrons. The fraction of sp³-hybridized carbons (Fsp3) is 0. The fourth-order valence-electron chi connectivity index (χ4n) is 2.57. The standard InChI is InChI=1S/C20H15N3O3S/c24-19(12-11-15-7-3-6-14-5-1-2-10-18(14)15)22-20(27)21-16-8-4-9-17(13-16)23(25)26/h1-13H,(H2,21,22,24,27)/b12-11+. The van der Waals surface area contributed by atoms with Crippen molar-refractivity contribution >= 4 is 51.5 Å². The van der Waals surface area contributed by atoms with Crippen LogP contribution in [0.2, 0.25) is 0 Å². The minimum atomic E-state index is -0.500. The molecule has 0 spiro atoms. The number of thiocarbonyl (C=S) groups is 1. The van der Waals surface area contributed by atoms with Gasteiger partial charge in [0.1, 0.15) is 0 Å². The molecule has 2 N–H and O–H groups in total. The number of carbonyl (C=O) groups is 1. The number of nitrogens with one attached hydrogen (secondary N) is 2. The van der Waals surface area contributed by atoms with E-state index in [0.717, 1.165) is 16.3 Å². The molecule has 0 aromatic heterocycles. The second-order valence-electron chi connectivity index (χ2n) is 5.65. The number of amides is 1. The number of benzene rings is 3. The lowest BCUT2D eigenvalue weighted by Crippen LogP contribution is -2.32. The first-order valence-corrected chi connectivity index (χ1v) is 8.46. The molecule has 3 rings (SSSR count).